The topological polar surface area (TPSA) is 36.9 Å². The van der Waals surface area contributed by atoms with Gasteiger partial charge in [0.15, 0.2) is 0 Å². The molecule has 0 saturated carbocycles. The van der Waals surface area contributed by atoms with Gasteiger partial charge in [-0.3, -0.25) is 0 Å². The number of hydrogen-bond acceptors (Lipinski definition) is 4. The van der Waals surface area contributed by atoms with Crippen LogP contribution in [-0.4, -0.2) is 19.8 Å². The quantitative estimate of drug-likeness (QED) is 0.397. The summed E-state index contributed by atoms with van der Waals surface area (Å²) < 4.78 is 1.04. The van der Waals surface area contributed by atoms with E-state index in [1.165, 1.54) is 0 Å². The van der Waals surface area contributed by atoms with Gasteiger partial charge in [0.25, 0.3) is 0 Å². The fourth-order valence-corrected chi connectivity index (χ4v) is 1.86. The number of hydrogen-bond donors (Lipinski definition) is 0. The number of benzene rings is 1. The lowest BCUT2D eigenvalue weighted by Crippen LogP contribution is -2.04. The smallest absolute Gasteiger partial charge is 0.108 e. The van der Waals surface area contributed by atoms with E-state index in [1.54, 1.807) is 0 Å². The summed E-state index contributed by atoms with van der Waals surface area (Å²) in [5, 5.41) is 0. The van der Waals surface area contributed by atoms with Gasteiger partial charge in [-0.25, -0.2) is 19.6 Å². The number of halogens is 1. The van der Waals surface area contributed by atoms with Crippen LogP contribution in [0.4, 0.5) is 0 Å². The zero-order valence-electron chi connectivity index (χ0n) is 10.8. The van der Waals surface area contributed by atoms with Gasteiger partial charge in [-0.1, -0.05) is 22.0 Å². The van der Waals surface area contributed by atoms with Crippen LogP contribution < -0.4 is 0 Å². The van der Waals surface area contributed by atoms with Crippen LogP contribution in [0.3, 0.4) is 0 Å². The molecular weight excluding hydrogens is 300 g/mol. The molecule has 0 radical (unpaired) electrons. The Hall–Kier alpha value is -0.460. The highest BCUT2D eigenvalue weighted by molar-refractivity contribution is 9.10. The molecule has 102 valence electrons. The molecule has 0 aromatic heterocycles. The SMILES string of the molecule is CCOOCCc1cc(Br)ccc1COOCC. The molecule has 1 rings (SSSR count). The van der Waals surface area contributed by atoms with Gasteiger partial charge in [0, 0.05) is 4.47 Å². The van der Waals surface area contributed by atoms with Crippen LogP contribution in [-0.2, 0) is 32.6 Å². The first-order valence-electron chi connectivity index (χ1n) is 6.04. The maximum Gasteiger partial charge on any atom is 0.108 e. The van der Waals surface area contributed by atoms with Crippen LogP contribution in [0.15, 0.2) is 22.7 Å². The predicted octanol–water partition coefficient (Wildman–Crippen LogP) is 3.43. The Morgan fingerprint density at radius 1 is 0.944 bits per heavy atom. The van der Waals surface area contributed by atoms with Crippen molar-refractivity contribution < 1.29 is 19.6 Å². The van der Waals surface area contributed by atoms with Gasteiger partial charge in [-0.05, 0) is 43.5 Å². The predicted molar refractivity (Wildman–Crippen MR) is 71.8 cm³/mol. The van der Waals surface area contributed by atoms with E-state index in [0.29, 0.717) is 26.4 Å². The van der Waals surface area contributed by atoms with Crippen LogP contribution in [0.2, 0.25) is 0 Å². The van der Waals surface area contributed by atoms with E-state index in [4.69, 9.17) is 19.6 Å². The summed E-state index contributed by atoms with van der Waals surface area (Å²) in [7, 11) is 0. The third kappa shape index (κ3) is 5.93. The molecule has 0 unspecified atom stereocenters. The van der Waals surface area contributed by atoms with Crippen LogP contribution in [0.5, 0.6) is 0 Å². The van der Waals surface area contributed by atoms with Crippen molar-refractivity contribution >= 4 is 15.9 Å². The minimum Gasteiger partial charge on any atom is -0.237 e. The summed E-state index contributed by atoms with van der Waals surface area (Å²) in [5.74, 6) is 0. The molecule has 0 aliphatic heterocycles. The summed E-state index contributed by atoms with van der Waals surface area (Å²) in [5.41, 5.74) is 2.25. The maximum absolute atomic E-state index is 5.09. The van der Waals surface area contributed by atoms with Crippen molar-refractivity contribution in [2.45, 2.75) is 26.9 Å². The van der Waals surface area contributed by atoms with Gasteiger partial charge in [0.1, 0.15) is 6.61 Å². The maximum atomic E-state index is 5.09. The Kier molecular flexibility index (Phi) is 8.20. The second-order valence-corrected chi connectivity index (χ2v) is 4.48. The van der Waals surface area contributed by atoms with Gasteiger partial charge < -0.3 is 0 Å². The van der Waals surface area contributed by atoms with E-state index in [0.717, 1.165) is 22.0 Å². The van der Waals surface area contributed by atoms with E-state index in [2.05, 4.69) is 22.0 Å². The highest BCUT2D eigenvalue weighted by Gasteiger charge is 2.05. The lowest BCUT2D eigenvalue weighted by molar-refractivity contribution is -0.301. The van der Waals surface area contributed by atoms with E-state index >= 15 is 0 Å². The fourth-order valence-electron chi connectivity index (χ4n) is 1.45. The Bertz CT molecular complexity index is 344. The molecule has 0 heterocycles. The Labute approximate surface area is 116 Å². The fraction of sp³-hybridized carbons (Fsp3) is 0.538. The van der Waals surface area contributed by atoms with Crippen molar-refractivity contribution in [1.82, 2.24) is 0 Å². The van der Waals surface area contributed by atoms with Gasteiger partial charge in [-0.15, -0.1) is 0 Å². The molecule has 0 aliphatic carbocycles. The number of rotatable bonds is 9. The molecule has 4 nitrogen and oxygen atoms in total. The van der Waals surface area contributed by atoms with Crippen LogP contribution >= 0.6 is 15.9 Å². The third-order valence-corrected chi connectivity index (χ3v) is 2.73. The summed E-state index contributed by atoms with van der Waals surface area (Å²) in [4.78, 5) is 19.9. The van der Waals surface area contributed by atoms with Crippen molar-refractivity contribution in [3.05, 3.63) is 33.8 Å². The largest absolute Gasteiger partial charge is 0.237 e. The van der Waals surface area contributed by atoms with Gasteiger partial charge in [0.2, 0.25) is 0 Å². The van der Waals surface area contributed by atoms with Gasteiger partial charge >= 0.3 is 0 Å². The first kappa shape index (κ1) is 15.6. The summed E-state index contributed by atoms with van der Waals surface area (Å²) in [6, 6.07) is 6.05. The normalized spacial score (nSPS) is 10.8. The molecule has 0 bridgehead atoms. The summed E-state index contributed by atoms with van der Waals surface area (Å²) >= 11 is 3.46. The van der Waals surface area contributed by atoms with Crippen LogP contribution in [0.1, 0.15) is 25.0 Å². The van der Waals surface area contributed by atoms with Gasteiger partial charge in [-0.2, -0.15) is 0 Å². The highest BCUT2D eigenvalue weighted by Crippen LogP contribution is 2.18. The molecule has 0 aliphatic rings. The lowest BCUT2D eigenvalue weighted by Gasteiger charge is -2.10. The zero-order valence-corrected chi connectivity index (χ0v) is 12.4. The average Bonchev–Trinajstić information content (AvgIpc) is 2.37. The van der Waals surface area contributed by atoms with E-state index in [1.807, 2.05) is 26.0 Å². The second kappa shape index (κ2) is 9.47. The van der Waals surface area contributed by atoms with Crippen molar-refractivity contribution in [2.24, 2.45) is 0 Å². The second-order valence-electron chi connectivity index (χ2n) is 3.56. The standard InChI is InChI=1S/C13H19BrO4/c1-3-15-17-8-7-11-9-13(14)6-5-12(11)10-18-16-4-2/h5-6,9H,3-4,7-8,10H2,1-2H3. The first-order valence-corrected chi connectivity index (χ1v) is 6.83. The molecule has 0 amide bonds. The Morgan fingerprint density at radius 3 is 2.39 bits per heavy atom. The summed E-state index contributed by atoms with van der Waals surface area (Å²) in [6.07, 6.45) is 0.768. The van der Waals surface area contributed by atoms with E-state index in [-0.39, 0.29) is 0 Å². The molecule has 0 fully saturated rings. The third-order valence-electron chi connectivity index (χ3n) is 2.24. The van der Waals surface area contributed by atoms with Crippen molar-refractivity contribution in [2.75, 3.05) is 19.8 Å². The minimum absolute atomic E-state index is 0.436. The van der Waals surface area contributed by atoms with Crippen LogP contribution in [0, 0.1) is 0 Å². The first-order chi connectivity index (χ1) is 8.77. The Morgan fingerprint density at radius 2 is 1.67 bits per heavy atom. The van der Waals surface area contributed by atoms with Crippen molar-refractivity contribution in [3.63, 3.8) is 0 Å². The molecule has 0 spiro atoms. The molecule has 5 heteroatoms. The average molecular weight is 319 g/mol. The molecule has 0 atom stereocenters. The van der Waals surface area contributed by atoms with Crippen LogP contribution in [0.25, 0.3) is 0 Å². The molecule has 1 aromatic carbocycles. The van der Waals surface area contributed by atoms with E-state index < -0.39 is 0 Å². The molecule has 0 N–H and O–H groups in total. The van der Waals surface area contributed by atoms with Gasteiger partial charge in [0.05, 0.1) is 19.8 Å². The molecular formula is C13H19BrO4. The monoisotopic (exact) mass is 318 g/mol. The van der Waals surface area contributed by atoms with Crippen molar-refractivity contribution in [3.8, 4) is 0 Å². The lowest BCUT2D eigenvalue weighted by atomic mass is 10.1. The Balaban J connectivity index is 2.53. The van der Waals surface area contributed by atoms with E-state index in [9.17, 15) is 0 Å². The molecule has 18 heavy (non-hydrogen) atoms. The molecule has 0 saturated heterocycles. The minimum atomic E-state index is 0.436. The zero-order chi connectivity index (χ0) is 13.2. The highest BCUT2D eigenvalue weighted by atomic mass is 79.9. The summed E-state index contributed by atoms with van der Waals surface area (Å²) in [6.45, 7) is 5.83. The molecule has 1 aromatic rings. The van der Waals surface area contributed by atoms with Crippen molar-refractivity contribution in [1.29, 1.82) is 0 Å².